The van der Waals surface area contributed by atoms with Gasteiger partial charge in [-0.05, 0) is 85.7 Å². The first-order valence-corrected chi connectivity index (χ1v) is 11.7. The average Bonchev–Trinajstić information content (AvgIpc) is 3.32. The van der Waals surface area contributed by atoms with Gasteiger partial charge in [-0.25, -0.2) is 0 Å². The Kier molecular flexibility index (Phi) is 5.98. The summed E-state index contributed by atoms with van der Waals surface area (Å²) in [6, 6.07) is 4.20. The van der Waals surface area contributed by atoms with E-state index in [0.29, 0.717) is 17.3 Å². The molecule has 0 radical (unpaired) electrons. The SMILES string of the molecule is CC1(C)CCC2=C1CCC(C1(C)CCC(O)CC1CO)C2CNCc1ccc[nH]1. The Hall–Kier alpha value is -1.10. The lowest BCUT2D eigenvalue weighted by Gasteiger charge is -2.52. The van der Waals surface area contributed by atoms with E-state index in [1.54, 1.807) is 11.1 Å². The van der Waals surface area contributed by atoms with E-state index in [1.807, 2.05) is 6.20 Å². The topological polar surface area (TPSA) is 68.3 Å². The lowest BCUT2D eigenvalue weighted by Crippen LogP contribution is -2.49. The first kappa shape index (κ1) is 21.1. The number of rotatable bonds is 6. The summed E-state index contributed by atoms with van der Waals surface area (Å²) in [4.78, 5) is 3.30. The van der Waals surface area contributed by atoms with Crippen LogP contribution in [-0.2, 0) is 6.54 Å². The molecule has 4 N–H and O–H groups in total. The van der Waals surface area contributed by atoms with Crippen molar-refractivity contribution < 1.29 is 10.2 Å². The maximum absolute atomic E-state index is 10.2. The summed E-state index contributed by atoms with van der Waals surface area (Å²) in [5.41, 5.74) is 5.13. The zero-order valence-electron chi connectivity index (χ0n) is 18.5. The molecule has 1 saturated carbocycles. The van der Waals surface area contributed by atoms with Crippen molar-refractivity contribution in [1.82, 2.24) is 10.3 Å². The van der Waals surface area contributed by atoms with Gasteiger partial charge in [0.1, 0.15) is 0 Å². The van der Waals surface area contributed by atoms with Gasteiger partial charge in [0.25, 0.3) is 0 Å². The zero-order chi connectivity index (χ0) is 20.6. The monoisotopic (exact) mass is 400 g/mol. The van der Waals surface area contributed by atoms with Crippen molar-refractivity contribution in [3.63, 3.8) is 0 Å². The van der Waals surface area contributed by atoms with Crippen molar-refractivity contribution in [3.8, 4) is 0 Å². The zero-order valence-corrected chi connectivity index (χ0v) is 18.5. The van der Waals surface area contributed by atoms with Crippen LogP contribution in [0.15, 0.2) is 29.5 Å². The third kappa shape index (κ3) is 3.96. The normalized spacial score (nSPS) is 37.0. The van der Waals surface area contributed by atoms with Crippen molar-refractivity contribution in [2.24, 2.45) is 28.6 Å². The van der Waals surface area contributed by atoms with Crippen molar-refractivity contribution in [2.45, 2.75) is 78.4 Å². The molecule has 3 aliphatic carbocycles. The third-order valence-electron chi connectivity index (χ3n) is 8.78. The second kappa shape index (κ2) is 8.20. The fraction of sp³-hybridized carbons (Fsp3) is 0.760. The molecule has 162 valence electrons. The summed E-state index contributed by atoms with van der Waals surface area (Å²) in [5, 5.41) is 24.2. The molecule has 29 heavy (non-hydrogen) atoms. The predicted molar refractivity (Wildman–Crippen MR) is 117 cm³/mol. The Balaban J connectivity index is 1.59. The molecule has 1 fully saturated rings. The molecule has 4 rings (SSSR count). The molecule has 0 saturated heterocycles. The van der Waals surface area contributed by atoms with Gasteiger partial charge < -0.3 is 20.5 Å². The highest BCUT2D eigenvalue weighted by atomic mass is 16.3. The molecular weight excluding hydrogens is 360 g/mol. The number of aliphatic hydroxyl groups excluding tert-OH is 2. The van der Waals surface area contributed by atoms with Crippen LogP contribution in [0.4, 0.5) is 0 Å². The molecule has 1 aromatic heterocycles. The number of allylic oxidation sites excluding steroid dienone is 1. The fourth-order valence-electron chi connectivity index (χ4n) is 6.90. The van der Waals surface area contributed by atoms with Crippen LogP contribution in [0.25, 0.3) is 0 Å². The predicted octanol–water partition coefficient (Wildman–Crippen LogP) is 4.41. The second-order valence-corrected chi connectivity index (χ2v) is 10.8. The Morgan fingerprint density at radius 1 is 1.17 bits per heavy atom. The number of aromatic nitrogens is 1. The lowest BCUT2D eigenvalue weighted by molar-refractivity contribution is -0.0583. The molecule has 0 spiro atoms. The Labute approximate surface area is 176 Å². The van der Waals surface area contributed by atoms with E-state index in [4.69, 9.17) is 0 Å². The van der Waals surface area contributed by atoms with Crippen LogP contribution in [0.5, 0.6) is 0 Å². The molecule has 0 aliphatic heterocycles. The quantitative estimate of drug-likeness (QED) is 0.535. The molecule has 1 aromatic rings. The van der Waals surface area contributed by atoms with Crippen molar-refractivity contribution >= 4 is 0 Å². The molecule has 5 unspecified atom stereocenters. The van der Waals surface area contributed by atoms with E-state index in [-0.39, 0.29) is 24.0 Å². The molecule has 0 amide bonds. The average molecular weight is 401 g/mol. The van der Waals surface area contributed by atoms with Crippen LogP contribution in [0.3, 0.4) is 0 Å². The summed E-state index contributed by atoms with van der Waals surface area (Å²) in [6.45, 7) is 9.34. The molecule has 4 nitrogen and oxygen atoms in total. The number of nitrogens with one attached hydrogen (secondary N) is 2. The summed E-state index contributed by atoms with van der Waals surface area (Å²) < 4.78 is 0. The number of H-pyrrole nitrogens is 1. The minimum Gasteiger partial charge on any atom is -0.396 e. The highest BCUT2D eigenvalue weighted by molar-refractivity contribution is 5.32. The summed E-state index contributed by atoms with van der Waals surface area (Å²) >= 11 is 0. The van der Waals surface area contributed by atoms with Crippen LogP contribution >= 0.6 is 0 Å². The van der Waals surface area contributed by atoms with Gasteiger partial charge in [0.15, 0.2) is 0 Å². The summed E-state index contributed by atoms with van der Waals surface area (Å²) in [6.07, 6.45) is 9.36. The smallest absolute Gasteiger partial charge is 0.0544 e. The van der Waals surface area contributed by atoms with Crippen LogP contribution in [0.2, 0.25) is 0 Å². The van der Waals surface area contributed by atoms with E-state index in [2.05, 4.69) is 43.2 Å². The van der Waals surface area contributed by atoms with Gasteiger partial charge in [-0.2, -0.15) is 0 Å². The van der Waals surface area contributed by atoms with E-state index in [9.17, 15) is 10.2 Å². The van der Waals surface area contributed by atoms with Gasteiger partial charge in [0.05, 0.1) is 6.10 Å². The second-order valence-electron chi connectivity index (χ2n) is 10.8. The molecule has 0 aromatic carbocycles. The lowest BCUT2D eigenvalue weighted by atomic mass is 9.53. The standard InChI is InChI=1S/C25H40N2O2/c1-24(2)10-9-20-21(15-26-14-18-5-4-12-27-18)23(7-6-22(20)24)25(3)11-8-19(29)13-17(25)16-28/h4-5,12,17,19,21,23,26-29H,6-11,13-16H2,1-3H3. The van der Waals surface area contributed by atoms with Crippen LogP contribution in [-0.4, -0.2) is 34.5 Å². The summed E-state index contributed by atoms with van der Waals surface area (Å²) in [7, 11) is 0. The van der Waals surface area contributed by atoms with Crippen molar-refractivity contribution in [1.29, 1.82) is 0 Å². The third-order valence-corrected chi connectivity index (χ3v) is 8.78. The number of aliphatic hydroxyl groups is 2. The molecule has 4 heteroatoms. The van der Waals surface area contributed by atoms with E-state index < -0.39 is 0 Å². The van der Waals surface area contributed by atoms with Gasteiger partial charge in [-0.3, -0.25) is 0 Å². The van der Waals surface area contributed by atoms with Crippen molar-refractivity contribution in [3.05, 3.63) is 35.2 Å². The number of hydrogen-bond donors (Lipinski definition) is 4. The molecule has 5 atom stereocenters. The molecule has 1 heterocycles. The summed E-state index contributed by atoms with van der Waals surface area (Å²) in [5.74, 6) is 1.33. The highest BCUT2D eigenvalue weighted by Gasteiger charge is 2.51. The largest absolute Gasteiger partial charge is 0.396 e. The highest BCUT2D eigenvalue weighted by Crippen LogP contribution is 2.59. The van der Waals surface area contributed by atoms with Gasteiger partial charge in [0.2, 0.25) is 0 Å². The molecule has 3 aliphatic rings. The Bertz CT molecular complexity index is 723. The minimum atomic E-state index is -0.242. The minimum absolute atomic E-state index is 0.109. The number of aromatic amines is 1. The van der Waals surface area contributed by atoms with Crippen LogP contribution < -0.4 is 5.32 Å². The van der Waals surface area contributed by atoms with Gasteiger partial charge in [0, 0.05) is 31.6 Å². The Morgan fingerprint density at radius 2 is 2.00 bits per heavy atom. The van der Waals surface area contributed by atoms with E-state index >= 15 is 0 Å². The maximum Gasteiger partial charge on any atom is 0.0544 e. The van der Waals surface area contributed by atoms with Gasteiger partial charge in [-0.1, -0.05) is 31.9 Å². The number of hydrogen-bond acceptors (Lipinski definition) is 3. The fourth-order valence-corrected chi connectivity index (χ4v) is 6.90. The van der Waals surface area contributed by atoms with Gasteiger partial charge >= 0.3 is 0 Å². The van der Waals surface area contributed by atoms with Crippen LogP contribution in [0, 0.1) is 28.6 Å². The maximum atomic E-state index is 10.2. The Morgan fingerprint density at radius 3 is 2.72 bits per heavy atom. The first-order valence-electron chi connectivity index (χ1n) is 11.7. The van der Waals surface area contributed by atoms with Gasteiger partial charge in [-0.15, -0.1) is 0 Å². The van der Waals surface area contributed by atoms with Crippen molar-refractivity contribution in [2.75, 3.05) is 13.2 Å². The van der Waals surface area contributed by atoms with Crippen LogP contribution in [0.1, 0.15) is 71.4 Å². The molecule has 0 bridgehead atoms. The van der Waals surface area contributed by atoms with E-state index in [0.717, 1.165) is 32.4 Å². The first-order chi connectivity index (χ1) is 13.8. The van der Waals surface area contributed by atoms with E-state index in [1.165, 1.54) is 31.4 Å². The molecular formula is C25H40N2O2.